The van der Waals surface area contributed by atoms with E-state index in [0.717, 1.165) is 21.9 Å². The molecule has 0 aliphatic carbocycles. The summed E-state index contributed by atoms with van der Waals surface area (Å²) in [5.41, 5.74) is 1.29. The van der Waals surface area contributed by atoms with Crippen LogP contribution >= 0.6 is 0 Å². The average molecular weight is 421 g/mol. The summed E-state index contributed by atoms with van der Waals surface area (Å²) in [4.78, 5) is 12.5. The quantitative estimate of drug-likeness (QED) is 0.674. The smallest absolute Gasteiger partial charge is 0.241 e. The van der Waals surface area contributed by atoms with E-state index in [1.807, 2.05) is 45.0 Å². The molecule has 1 unspecified atom stereocenters. The molecule has 2 rings (SSSR count). The molecule has 29 heavy (non-hydrogen) atoms. The largest absolute Gasteiger partial charge is 0.497 e. The molecule has 7 nitrogen and oxygen atoms in total. The van der Waals surface area contributed by atoms with Gasteiger partial charge in [-0.05, 0) is 62.7 Å². The Morgan fingerprint density at radius 3 is 2.03 bits per heavy atom. The minimum absolute atomic E-state index is 0.0112. The number of amides is 1. The van der Waals surface area contributed by atoms with Gasteiger partial charge < -0.3 is 14.8 Å². The average Bonchev–Trinajstić information content (AvgIpc) is 2.65. The first-order valence-electron chi connectivity index (χ1n) is 9.28. The monoisotopic (exact) mass is 420 g/mol. The van der Waals surface area contributed by atoms with Gasteiger partial charge in [-0.3, -0.25) is 9.10 Å². The van der Waals surface area contributed by atoms with Crippen LogP contribution in [0.2, 0.25) is 0 Å². The van der Waals surface area contributed by atoms with Crippen molar-refractivity contribution in [2.45, 2.75) is 32.9 Å². The number of nitrogens with one attached hydrogen (secondary N) is 1. The molecule has 0 spiro atoms. The van der Waals surface area contributed by atoms with Gasteiger partial charge in [-0.2, -0.15) is 0 Å². The van der Waals surface area contributed by atoms with Crippen LogP contribution in [0.25, 0.3) is 0 Å². The summed E-state index contributed by atoms with van der Waals surface area (Å²) in [5.74, 6) is 0.955. The third-order valence-corrected chi connectivity index (χ3v) is 5.32. The van der Waals surface area contributed by atoms with Gasteiger partial charge in [0.15, 0.2) is 0 Å². The van der Waals surface area contributed by atoms with Crippen LogP contribution in [-0.2, 0) is 14.8 Å². The number of nitrogens with zero attached hydrogens (tertiary/aromatic N) is 1. The Hall–Kier alpha value is -2.74. The normalized spacial score (nSPS) is 12.3. The fraction of sp³-hybridized carbons (Fsp3) is 0.381. The fourth-order valence-electron chi connectivity index (χ4n) is 2.76. The molecule has 0 radical (unpaired) electrons. The number of ether oxygens (including phenoxy) is 2. The maximum atomic E-state index is 12.5. The highest BCUT2D eigenvalue weighted by molar-refractivity contribution is 7.92. The lowest BCUT2D eigenvalue weighted by Gasteiger charge is -2.23. The topological polar surface area (TPSA) is 84.9 Å². The highest BCUT2D eigenvalue weighted by atomic mass is 32.2. The van der Waals surface area contributed by atoms with Gasteiger partial charge in [0.05, 0.1) is 31.2 Å². The molecular formula is C21H28N2O5S. The van der Waals surface area contributed by atoms with Crippen LogP contribution in [0, 0.1) is 0 Å². The van der Waals surface area contributed by atoms with Crippen molar-refractivity contribution >= 4 is 21.6 Å². The van der Waals surface area contributed by atoms with Gasteiger partial charge in [-0.15, -0.1) is 0 Å². The van der Waals surface area contributed by atoms with E-state index in [9.17, 15) is 13.2 Å². The standard InChI is InChI=1S/C21H28N2O5S/c1-15(2)28-20-12-8-18(9-13-20)23(29(5,25)26)14-21(24)22-16(3)17-6-10-19(27-4)11-7-17/h6-13,15-16H,14H2,1-5H3,(H,22,24). The maximum absolute atomic E-state index is 12.5. The van der Waals surface area contributed by atoms with Gasteiger partial charge in [-0.25, -0.2) is 8.42 Å². The van der Waals surface area contributed by atoms with E-state index >= 15 is 0 Å². The van der Waals surface area contributed by atoms with Crippen molar-refractivity contribution in [1.82, 2.24) is 5.32 Å². The van der Waals surface area contributed by atoms with Crippen LogP contribution in [-0.4, -0.2) is 40.3 Å². The Labute approximate surface area is 172 Å². The van der Waals surface area contributed by atoms with Crippen molar-refractivity contribution < 1.29 is 22.7 Å². The summed E-state index contributed by atoms with van der Waals surface area (Å²) in [7, 11) is -2.06. The van der Waals surface area contributed by atoms with Gasteiger partial charge in [-0.1, -0.05) is 12.1 Å². The Kier molecular flexibility index (Phi) is 7.50. The summed E-state index contributed by atoms with van der Waals surface area (Å²) in [6.45, 7) is 5.34. The van der Waals surface area contributed by atoms with Crippen LogP contribution < -0.4 is 19.1 Å². The molecule has 1 atom stereocenters. The van der Waals surface area contributed by atoms with Crippen molar-refractivity contribution in [3.8, 4) is 11.5 Å². The third-order valence-electron chi connectivity index (χ3n) is 4.18. The van der Waals surface area contributed by atoms with E-state index in [-0.39, 0.29) is 18.7 Å². The molecule has 8 heteroatoms. The fourth-order valence-corrected chi connectivity index (χ4v) is 3.61. The second-order valence-electron chi connectivity index (χ2n) is 6.99. The lowest BCUT2D eigenvalue weighted by atomic mass is 10.1. The molecule has 1 N–H and O–H groups in total. The first kappa shape index (κ1) is 22.5. The highest BCUT2D eigenvalue weighted by Gasteiger charge is 2.22. The SMILES string of the molecule is COc1ccc(C(C)NC(=O)CN(c2ccc(OC(C)C)cc2)S(C)(=O)=O)cc1. The second-order valence-corrected chi connectivity index (χ2v) is 8.90. The van der Waals surface area contributed by atoms with Crippen molar-refractivity contribution in [2.75, 3.05) is 24.2 Å². The Morgan fingerprint density at radius 1 is 1.00 bits per heavy atom. The Balaban J connectivity index is 2.10. The number of methoxy groups -OCH3 is 1. The zero-order valence-electron chi connectivity index (χ0n) is 17.4. The molecule has 0 bridgehead atoms. The molecule has 0 aromatic heterocycles. The zero-order chi connectivity index (χ0) is 21.6. The number of carbonyl (C=O) groups is 1. The van der Waals surface area contributed by atoms with E-state index in [2.05, 4.69) is 5.32 Å². The van der Waals surface area contributed by atoms with Crippen LogP contribution in [0.3, 0.4) is 0 Å². The Morgan fingerprint density at radius 2 is 1.55 bits per heavy atom. The zero-order valence-corrected chi connectivity index (χ0v) is 18.2. The molecule has 0 aliphatic rings. The first-order valence-corrected chi connectivity index (χ1v) is 11.1. The van der Waals surface area contributed by atoms with Crippen LogP contribution in [0.15, 0.2) is 48.5 Å². The van der Waals surface area contributed by atoms with Crippen LogP contribution in [0.4, 0.5) is 5.69 Å². The van der Waals surface area contributed by atoms with Crippen molar-refractivity contribution in [2.24, 2.45) is 0 Å². The Bertz CT molecular complexity index is 909. The van der Waals surface area contributed by atoms with E-state index in [1.165, 1.54) is 0 Å². The second kappa shape index (κ2) is 9.65. The van der Waals surface area contributed by atoms with E-state index in [1.54, 1.807) is 31.4 Å². The molecule has 0 fully saturated rings. The predicted molar refractivity (Wildman–Crippen MR) is 114 cm³/mol. The molecule has 0 saturated heterocycles. The van der Waals surface area contributed by atoms with Crippen molar-refractivity contribution in [3.63, 3.8) is 0 Å². The van der Waals surface area contributed by atoms with Crippen LogP contribution in [0.5, 0.6) is 11.5 Å². The van der Waals surface area contributed by atoms with E-state index in [0.29, 0.717) is 11.4 Å². The van der Waals surface area contributed by atoms with Gasteiger partial charge in [0.2, 0.25) is 15.9 Å². The van der Waals surface area contributed by atoms with E-state index < -0.39 is 15.9 Å². The summed E-state index contributed by atoms with van der Waals surface area (Å²) < 4.78 is 36.3. The number of sulfonamides is 1. The number of rotatable bonds is 9. The van der Waals surface area contributed by atoms with Crippen molar-refractivity contribution in [1.29, 1.82) is 0 Å². The molecule has 0 aliphatic heterocycles. The van der Waals surface area contributed by atoms with Gasteiger partial charge in [0.1, 0.15) is 18.0 Å². The number of hydrogen-bond acceptors (Lipinski definition) is 5. The minimum atomic E-state index is -3.64. The summed E-state index contributed by atoms with van der Waals surface area (Å²) in [5, 5.41) is 2.83. The van der Waals surface area contributed by atoms with Crippen molar-refractivity contribution in [3.05, 3.63) is 54.1 Å². The van der Waals surface area contributed by atoms with Gasteiger partial charge in [0, 0.05) is 0 Å². The summed E-state index contributed by atoms with van der Waals surface area (Å²) in [6.07, 6.45) is 1.09. The maximum Gasteiger partial charge on any atom is 0.241 e. The summed E-state index contributed by atoms with van der Waals surface area (Å²) >= 11 is 0. The molecule has 1 amide bonds. The third kappa shape index (κ3) is 6.67. The summed E-state index contributed by atoms with van der Waals surface area (Å²) in [6, 6.07) is 13.7. The molecule has 2 aromatic carbocycles. The molecular weight excluding hydrogens is 392 g/mol. The number of anilines is 1. The predicted octanol–water partition coefficient (Wildman–Crippen LogP) is 3.13. The van der Waals surface area contributed by atoms with E-state index in [4.69, 9.17) is 9.47 Å². The number of carbonyl (C=O) groups excluding carboxylic acids is 1. The molecule has 158 valence electrons. The first-order chi connectivity index (χ1) is 13.6. The van der Waals surface area contributed by atoms with Gasteiger partial charge >= 0.3 is 0 Å². The lowest BCUT2D eigenvalue weighted by molar-refractivity contribution is -0.120. The molecule has 2 aromatic rings. The minimum Gasteiger partial charge on any atom is -0.497 e. The number of hydrogen-bond donors (Lipinski definition) is 1. The highest BCUT2D eigenvalue weighted by Crippen LogP contribution is 2.23. The molecule has 0 heterocycles. The van der Waals surface area contributed by atoms with Gasteiger partial charge in [0.25, 0.3) is 0 Å². The van der Waals surface area contributed by atoms with Crippen LogP contribution in [0.1, 0.15) is 32.4 Å². The number of benzene rings is 2. The molecule has 0 saturated carbocycles. The lowest BCUT2D eigenvalue weighted by Crippen LogP contribution is -2.41.